The minimum absolute atomic E-state index is 0.500. The molecule has 0 aromatic rings. The number of hydrogen-bond acceptors (Lipinski definition) is 2. The number of terminal acetylenes is 1. The Kier molecular flexibility index (Phi) is 10.3. The van der Waals surface area contributed by atoms with Crippen LogP contribution in [0, 0.1) is 22.5 Å². The van der Waals surface area contributed by atoms with E-state index in [2.05, 4.69) is 5.92 Å². The molecule has 0 amide bonds. The van der Waals surface area contributed by atoms with Crippen molar-refractivity contribution >= 4 is 0 Å². The maximum absolute atomic E-state index is 8.81. The van der Waals surface area contributed by atoms with Gasteiger partial charge in [-0.25, -0.2) is 0 Å². The lowest BCUT2D eigenvalue weighted by Gasteiger charge is -1.81. The van der Waals surface area contributed by atoms with Crippen molar-refractivity contribution in [1.29, 1.82) is 0 Å². The van der Waals surface area contributed by atoms with E-state index >= 15 is 0 Å². The molecule has 0 radical (unpaired) electrons. The normalized spacial score (nSPS) is 10.0. The molecule has 0 aliphatic carbocycles. The van der Waals surface area contributed by atoms with Gasteiger partial charge in [0.2, 0.25) is 0 Å². The molecule has 0 aromatic heterocycles. The quantitative estimate of drug-likeness (QED) is 0.259. The van der Waals surface area contributed by atoms with Crippen molar-refractivity contribution in [1.82, 2.24) is 0 Å². The van der Waals surface area contributed by atoms with Gasteiger partial charge in [-0.05, 0) is 25.5 Å². The Labute approximate surface area is 72.9 Å². The molecule has 0 unspecified atom stereocenters. The topological polar surface area (TPSA) is 43.1 Å². The molecule has 0 bridgehead atoms. The molecule has 0 heterocycles. The third-order valence-electron chi connectivity index (χ3n) is 0.741. The number of rotatable bonds is 1. The highest BCUT2D eigenvalue weighted by molar-refractivity contribution is 5.24. The van der Waals surface area contributed by atoms with Crippen molar-refractivity contribution in [3.8, 4) is 12.3 Å². The van der Waals surface area contributed by atoms with Crippen LogP contribution < -0.4 is 0 Å². The first kappa shape index (κ1) is 13.1. The second-order valence-electron chi connectivity index (χ2n) is 1.99. The molecular formula is C9H13NO2. The third-order valence-corrected chi connectivity index (χ3v) is 0.741. The average Bonchev–Trinajstić information content (AvgIpc) is 1.87. The van der Waals surface area contributed by atoms with Crippen LogP contribution in [0.15, 0.2) is 23.8 Å². The molecule has 0 fully saturated rings. The van der Waals surface area contributed by atoms with Gasteiger partial charge in [0.25, 0.3) is 0 Å². The zero-order valence-corrected chi connectivity index (χ0v) is 7.57. The van der Waals surface area contributed by atoms with Gasteiger partial charge in [0, 0.05) is 4.92 Å². The fourth-order valence-corrected chi connectivity index (χ4v) is 0.442. The number of hydrogen-bond donors (Lipinski definition) is 0. The summed E-state index contributed by atoms with van der Waals surface area (Å²) in [5.41, 5.74) is 1.12. The predicted molar refractivity (Wildman–Crippen MR) is 50.3 cm³/mol. The van der Waals surface area contributed by atoms with Crippen LogP contribution in [-0.4, -0.2) is 12.0 Å². The Hall–Kier alpha value is -1.56. The van der Waals surface area contributed by atoms with Gasteiger partial charge in [-0.1, -0.05) is 18.1 Å². The second kappa shape index (κ2) is 9.44. The molecular weight excluding hydrogens is 154 g/mol. The largest absolute Gasteiger partial charge is 0.265 e. The van der Waals surface area contributed by atoms with Crippen LogP contribution in [0.25, 0.3) is 0 Å². The van der Waals surface area contributed by atoms with Crippen LogP contribution in [0.4, 0.5) is 0 Å². The molecule has 3 nitrogen and oxygen atoms in total. The minimum Gasteiger partial charge on any atom is -0.265 e. The lowest BCUT2D eigenvalue weighted by molar-refractivity contribution is -0.445. The average molecular weight is 167 g/mol. The summed E-state index contributed by atoms with van der Waals surface area (Å²) >= 11 is 0. The van der Waals surface area contributed by atoms with Gasteiger partial charge in [-0.15, -0.1) is 6.42 Å². The van der Waals surface area contributed by atoms with Gasteiger partial charge in [-0.3, -0.25) is 10.1 Å². The molecule has 0 spiro atoms. The highest BCUT2D eigenvalue weighted by atomic mass is 16.6. The molecule has 0 N–H and O–H groups in total. The maximum atomic E-state index is 8.81. The highest BCUT2D eigenvalue weighted by Crippen LogP contribution is 1.91. The van der Waals surface area contributed by atoms with E-state index in [-0.39, 0.29) is 0 Å². The molecule has 0 saturated carbocycles. The molecule has 0 atom stereocenters. The summed E-state index contributed by atoms with van der Waals surface area (Å²) in [6, 6.07) is 0. The third kappa shape index (κ3) is 23.7. The number of allylic oxidation sites excluding steroid dienone is 4. The zero-order chi connectivity index (χ0) is 9.98. The molecule has 0 saturated heterocycles. The van der Waals surface area contributed by atoms with Crippen molar-refractivity contribution in [3.05, 3.63) is 33.9 Å². The smallest absolute Gasteiger partial charge is 0.194 e. The van der Waals surface area contributed by atoms with Crippen molar-refractivity contribution in [2.24, 2.45) is 0 Å². The van der Waals surface area contributed by atoms with Crippen LogP contribution in [-0.2, 0) is 0 Å². The Morgan fingerprint density at radius 1 is 1.67 bits per heavy atom. The lowest BCUT2D eigenvalue weighted by Crippen LogP contribution is -1.79. The number of nitro groups is 1. The summed E-state index contributed by atoms with van der Waals surface area (Å²) in [6.07, 6.45) is 10.7. The Morgan fingerprint density at radius 2 is 2.08 bits per heavy atom. The maximum Gasteiger partial charge on any atom is 0.194 e. The first-order valence-electron chi connectivity index (χ1n) is 3.38. The summed E-state index contributed by atoms with van der Waals surface area (Å²) in [4.78, 5) is 8.31. The zero-order valence-electron chi connectivity index (χ0n) is 7.57. The Bertz CT molecular complexity index is 217. The minimum atomic E-state index is -0.500. The summed E-state index contributed by atoms with van der Waals surface area (Å²) in [7, 11) is 0.889. The monoisotopic (exact) mass is 167 g/mol. The van der Waals surface area contributed by atoms with E-state index in [1.54, 1.807) is 6.08 Å². The van der Waals surface area contributed by atoms with Crippen LogP contribution >= 0.6 is 0 Å². The molecule has 12 heavy (non-hydrogen) atoms. The van der Waals surface area contributed by atoms with Crippen molar-refractivity contribution in [3.63, 3.8) is 0 Å². The van der Waals surface area contributed by atoms with Crippen LogP contribution in [0.2, 0.25) is 0 Å². The predicted octanol–water partition coefficient (Wildman–Crippen LogP) is 2.03. The Balaban J connectivity index is 0. The second-order valence-corrected chi connectivity index (χ2v) is 1.99. The molecule has 66 valence electrons. The summed E-state index contributed by atoms with van der Waals surface area (Å²) in [5, 5.41) is 8.81. The van der Waals surface area contributed by atoms with E-state index in [1.165, 1.54) is 0 Å². The molecule has 0 aromatic carbocycles. The van der Waals surface area contributed by atoms with E-state index in [0.29, 0.717) is 0 Å². The van der Waals surface area contributed by atoms with Crippen molar-refractivity contribution in [2.75, 3.05) is 7.05 Å². The fourth-order valence-electron chi connectivity index (χ4n) is 0.442. The van der Waals surface area contributed by atoms with E-state index in [9.17, 15) is 0 Å². The highest BCUT2D eigenvalue weighted by Gasteiger charge is 1.72. The molecule has 0 aliphatic heterocycles. The van der Waals surface area contributed by atoms with Gasteiger partial charge >= 0.3 is 0 Å². The van der Waals surface area contributed by atoms with Crippen molar-refractivity contribution in [2.45, 2.75) is 13.8 Å². The van der Waals surface area contributed by atoms with Gasteiger partial charge < -0.3 is 0 Å². The standard InChI is InChI=1S/C8H10.CH3NO2/c1-4-6-8(3)7-5-2;1-2(3)4/h1,5-7H,2-3H3;1H3/b7-5-,8-6-;. The number of nitrogens with zero attached hydrogens (tertiary/aromatic N) is 1. The fraction of sp³-hybridized carbons (Fsp3) is 0.333. The molecule has 3 heteroatoms. The van der Waals surface area contributed by atoms with Gasteiger partial charge in [0.1, 0.15) is 0 Å². The lowest BCUT2D eigenvalue weighted by atomic mass is 10.3. The van der Waals surface area contributed by atoms with E-state index in [4.69, 9.17) is 16.5 Å². The first-order valence-corrected chi connectivity index (χ1v) is 3.38. The Morgan fingerprint density at radius 3 is 2.33 bits per heavy atom. The van der Waals surface area contributed by atoms with Gasteiger partial charge in [0.15, 0.2) is 7.05 Å². The van der Waals surface area contributed by atoms with Gasteiger partial charge in [-0.2, -0.15) is 0 Å². The van der Waals surface area contributed by atoms with E-state index in [0.717, 1.165) is 12.6 Å². The summed E-state index contributed by atoms with van der Waals surface area (Å²) in [6.45, 7) is 3.94. The van der Waals surface area contributed by atoms with E-state index in [1.807, 2.05) is 26.0 Å². The van der Waals surface area contributed by atoms with Crippen LogP contribution in [0.3, 0.4) is 0 Å². The molecule has 0 rings (SSSR count). The SMILES string of the molecule is C#C/C=C(C)\C=C/C.C[N+](=O)[O-]. The first-order chi connectivity index (χ1) is 5.54. The van der Waals surface area contributed by atoms with Crippen LogP contribution in [0.1, 0.15) is 13.8 Å². The summed E-state index contributed by atoms with van der Waals surface area (Å²) < 4.78 is 0. The van der Waals surface area contributed by atoms with Gasteiger partial charge in [0.05, 0.1) is 0 Å². The van der Waals surface area contributed by atoms with Crippen LogP contribution in [0.5, 0.6) is 0 Å². The molecule has 0 aliphatic rings. The van der Waals surface area contributed by atoms with Crippen molar-refractivity contribution < 1.29 is 4.92 Å². The van der Waals surface area contributed by atoms with E-state index < -0.39 is 4.92 Å². The summed E-state index contributed by atoms with van der Waals surface area (Å²) in [5.74, 6) is 2.44.